The third kappa shape index (κ3) is 2.87. The molecule has 0 aliphatic carbocycles. The van der Waals surface area contributed by atoms with Crippen LogP contribution in [-0.2, 0) is 11.2 Å². The minimum atomic E-state index is 0.0824. The summed E-state index contributed by atoms with van der Waals surface area (Å²) >= 11 is 0. The second kappa shape index (κ2) is 5.04. The number of amides is 1. The fourth-order valence-electron chi connectivity index (χ4n) is 2.06. The monoisotopic (exact) mass is 231 g/mol. The van der Waals surface area contributed by atoms with E-state index < -0.39 is 0 Å². The highest BCUT2D eigenvalue weighted by atomic mass is 16.3. The van der Waals surface area contributed by atoms with Crippen molar-refractivity contribution >= 4 is 5.91 Å². The van der Waals surface area contributed by atoms with Gasteiger partial charge < -0.3 is 10.0 Å². The maximum Gasteiger partial charge on any atom is 0.227 e. The Balaban J connectivity index is 2.03. The van der Waals surface area contributed by atoms with Crippen molar-refractivity contribution in [2.75, 3.05) is 13.1 Å². The molecule has 0 spiro atoms. The van der Waals surface area contributed by atoms with E-state index in [-0.39, 0.29) is 18.1 Å². The Morgan fingerprint density at radius 3 is 2.88 bits per heavy atom. The van der Waals surface area contributed by atoms with Crippen molar-refractivity contribution < 1.29 is 9.90 Å². The van der Waals surface area contributed by atoms with E-state index in [2.05, 4.69) is 6.08 Å². The summed E-state index contributed by atoms with van der Waals surface area (Å²) < 4.78 is 0. The summed E-state index contributed by atoms with van der Waals surface area (Å²) in [5.74, 6) is 0.282. The van der Waals surface area contributed by atoms with Crippen molar-refractivity contribution in [2.24, 2.45) is 0 Å². The van der Waals surface area contributed by atoms with Crippen molar-refractivity contribution in [1.29, 1.82) is 0 Å². The second-order valence-electron chi connectivity index (χ2n) is 4.46. The van der Waals surface area contributed by atoms with Gasteiger partial charge in [0.25, 0.3) is 0 Å². The van der Waals surface area contributed by atoms with Crippen LogP contribution in [0.2, 0.25) is 0 Å². The van der Waals surface area contributed by atoms with Crippen LogP contribution in [0, 0.1) is 0 Å². The highest BCUT2D eigenvalue weighted by Crippen LogP contribution is 2.18. The molecule has 0 saturated heterocycles. The fraction of sp³-hybridized carbons (Fsp3) is 0.357. The van der Waals surface area contributed by atoms with Crippen LogP contribution in [0.25, 0.3) is 0 Å². The van der Waals surface area contributed by atoms with Gasteiger partial charge in [-0.15, -0.1) is 0 Å². The van der Waals surface area contributed by atoms with E-state index in [1.165, 1.54) is 5.57 Å². The van der Waals surface area contributed by atoms with Gasteiger partial charge in [0.1, 0.15) is 5.75 Å². The van der Waals surface area contributed by atoms with E-state index in [1.807, 2.05) is 17.9 Å². The van der Waals surface area contributed by atoms with E-state index >= 15 is 0 Å². The zero-order valence-corrected chi connectivity index (χ0v) is 10.0. The smallest absolute Gasteiger partial charge is 0.227 e. The van der Waals surface area contributed by atoms with Gasteiger partial charge in [-0.3, -0.25) is 4.79 Å². The minimum Gasteiger partial charge on any atom is -0.508 e. The van der Waals surface area contributed by atoms with Crippen LogP contribution in [-0.4, -0.2) is 29.0 Å². The van der Waals surface area contributed by atoms with Crippen molar-refractivity contribution in [3.63, 3.8) is 0 Å². The van der Waals surface area contributed by atoms with Gasteiger partial charge in [0.2, 0.25) is 5.91 Å². The van der Waals surface area contributed by atoms with Crippen molar-refractivity contribution in [1.82, 2.24) is 4.90 Å². The molecule has 0 unspecified atom stereocenters. The summed E-state index contributed by atoms with van der Waals surface area (Å²) in [6.45, 7) is 3.54. The molecular weight excluding hydrogens is 214 g/mol. The number of aromatic hydroxyl groups is 1. The van der Waals surface area contributed by atoms with Gasteiger partial charge in [0.15, 0.2) is 0 Å². The first-order valence-electron chi connectivity index (χ1n) is 5.87. The van der Waals surface area contributed by atoms with Crippen LogP contribution in [0.4, 0.5) is 0 Å². The SMILES string of the molecule is CC1=CCCN(C(=O)Cc2ccccc2O)C1. The van der Waals surface area contributed by atoms with Gasteiger partial charge >= 0.3 is 0 Å². The lowest BCUT2D eigenvalue weighted by Gasteiger charge is -2.26. The van der Waals surface area contributed by atoms with Gasteiger partial charge in [-0.25, -0.2) is 0 Å². The quantitative estimate of drug-likeness (QED) is 0.792. The molecule has 0 aromatic heterocycles. The normalized spacial score (nSPS) is 15.6. The number of carbonyl (C=O) groups is 1. The number of benzene rings is 1. The molecule has 17 heavy (non-hydrogen) atoms. The molecule has 1 aliphatic rings. The second-order valence-corrected chi connectivity index (χ2v) is 4.46. The lowest BCUT2D eigenvalue weighted by Crippen LogP contribution is -2.36. The molecule has 0 bridgehead atoms. The third-order valence-corrected chi connectivity index (χ3v) is 3.02. The number of hydrogen-bond donors (Lipinski definition) is 1. The van der Waals surface area contributed by atoms with Gasteiger partial charge in [0.05, 0.1) is 6.42 Å². The molecule has 3 heteroatoms. The van der Waals surface area contributed by atoms with Crippen LogP contribution in [0.3, 0.4) is 0 Å². The number of phenols is 1. The molecule has 0 saturated carbocycles. The van der Waals surface area contributed by atoms with Crippen molar-refractivity contribution in [3.05, 3.63) is 41.5 Å². The highest BCUT2D eigenvalue weighted by molar-refractivity contribution is 5.79. The van der Waals surface area contributed by atoms with Gasteiger partial charge in [-0.1, -0.05) is 29.8 Å². The molecule has 3 nitrogen and oxygen atoms in total. The van der Waals surface area contributed by atoms with Crippen LogP contribution in [0.5, 0.6) is 5.75 Å². The first-order chi connectivity index (χ1) is 8.16. The Bertz CT molecular complexity index is 451. The summed E-state index contributed by atoms with van der Waals surface area (Å²) in [7, 11) is 0. The van der Waals surface area contributed by atoms with Gasteiger partial charge in [0, 0.05) is 18.7 Å². The van der Waals surface area contributed by atoms with E-state index in [0.717, 1.165) is 13.0 Å². The highest BCUT2D eigenvalue weighted by Gasteiger charge is 2.17. The molecule has 1 N–H and O–H groups in total. The largest absolute Gasteiger partial charge is 0.508 e. The Labute approximate surface area is 101 Å². The zero-order valence-electron chi connectivity index (χ0n) is 10.0. The van der Waals surface area contributed by atoms with E-state index in [4.69, 9.17) is 0 Å². The molecule has 2 rings (SSSR count). The first-order valence-corrected chi connectivity index (χ1v) is 5.87. The van der Waals surface area contributed by atoms with E-state index in [0.29, 0.717) is 12.1 Å². The zero-order chi connectivity index (χ0) is 12.3. The summed E-state index contributed by atoms with van der Waals surface area (Å²) in [5.41, 5.74) is 1.94. The molecule has 1 amide bonds. The predicted molar refractivity (Wildman–Crippen MR) is 66.8 cm³/mol. The molecule has 1 heterocycles. The Morgan fingerprint density at radius 2 is 2.18 bits per heavy atom. The number of hydrogen-bond acceptors (Lipinski definition) is 2. The predicted octanol–water partition coefficient (Wildman–Crippen LogP) is 2.11. The number of phenolic OH excluding ortho intramolecular Hbond substituents is 1. The van der Waals surface area contributed by atoms with E-state index in [9.17, 15) is 9.90 Å². The van der Waals surface area contributed by atoms with Crippen LogP contribution in [0.1, 0.15) is 18.9 Å². The maximum absolute atomic E-state index is 12.1. The number of nitrogens with zero attached hydrogens (tertiary/aromatic N) is 1. The average molecular weight is 231 g/mol. The van der Waals surface area contributed by atoms with Crippen molar-refractivity contribution in [2.45, 2.75) is 19.8 Å². The molecular formula is C14H17NO2. The van der Waals surface area contributed by atoms with Crippen LogP contribution in [0.15, 0.2) is 35.9 Å². The Morgan fingerprint density at radius 1 is 1.41 bits per heavy atom. The molecule has 0 atom stereocenters. The maximum atomic E-state index is 12.1. The topological polar surface area (TPSA) is 40.5 Å². The summed E-state index contributed by atoms with van der Waals surface area (Å²) in [6.07, 6.45) is 3.38. The van der Waals surface area contributed by atoms with Gasteiger partial charge in [-0.05, 0) is 19.4 Å². The number of rotatable bonds is 2. The Hall–Kier alpha value is -1.77. The summed E-state index contributed by atoms with van der Waals surface area (Å²) in [6, 6.07) is 7.00. The lowest BCUT2D eigenvalue weighted by atomic mass is 10.1. The summed E-state index contributed by atoms with van der Waals surface area (Å²) in [5, 5.41) is 9.63. The number of carbonyl (C=O) groups excluding carboxylic acids is 1. The molecule has 1 aromatic carbocycles. The number of para-hydroxylation sites is 1. The molecule has 0 fully saturated rings. The molecule has 0 radical (unpaired) electrons. The standard InChI is InChI=1S/C14H17NO2/c1-11-5-4-8-15(10-11)14(17)9-12-6-2-3-7-13(12)16/h2-3,5-7,16H,4,8-10H2,1H3. The molecule has 1 aromatic rings. The van der Waals surface area contributed by atoms with Crippen molar-refractivity contribution in [3.8, 4) is 5.75 Å². The minimum absolute atomic E-state index is 0.0824. The van der Waals surface area contributed by atoms with Gasteiger partial charge in [-0.2, -0.15) is 0 Å². The van der Waals surface area contributed by atoms with Crippen LogP contribution >= 0.6 is 0 Å². The Kier molecular flexibility index (Phi) is 3.47. The molecule has 90 valence electrons. The lowest BCUT2D eigenvalue weighted by molar-refractivity contribution is -0.130. The van der Waals surface area contributed by atoms with Crippen LogP contribution < -0.4 is 0 Å². The first kappa shape index (κ1) is 11.7. The van der Waals surface area contributed by atoms with E-state index in [1.54, 1.807) is 18.2 Å². The third-order valence-electron chi connectivity index (χ3n) is 3.02. The molecule has 1 aliphatic heterocycles. The average Bonchev–Trinajstić information content (AvgIpc) is 2.32. The fourth-order valence-corrected chi connectivity index (χ4v) is 2.06. The summed E-state index contributed by atoms with van der Waals surface area (Å²) in [4.78, 5) is 13.9.